The summed E-state index contributed by atoms with van der Waals surface area (Å²) in [6.07, 6.45) is -0.359. The fourth-order valence-corrected chi connectivity index (χ4v) is 2.38. The Morgan fingerprint density at radius 3 is 2.53 bits per heavy atom. The lowest BCUT2D eigenvalue weighted by molar-refractivity contribution is -0.218. The summed E-state index contributed by atoms with van der Waals surface area (Å²) in [5, 5.41) is 9.30. The van der Waals surface area contributed by atoms with E-state index in [4.69, 9.17) is 4.74 Å². The largest absolute Gasteiger partial charge is 0.481 e. The molecule has 2 rings (SSSR count). The van der Waals surface area contributed by atoms with E-state index in [1.807, 2.05) is 6.92 Å². The molecule has 0 spiro atoms. The summed E-state index contributed by atoms with van der Waals surface area (Å²) in [4.78, 5) is 11.4. The summed E-state index contributed by atoms with van der Waals surface area (Å²) in [7, 11) is 0. The van der Waals surface area contributed by atoms with Crippen LogP contribution in [0.4, 0.5) is 8.78 Å². The Hall–Kier alpha value is -1.49. The molecule has 0 amide bonds. The Morgan fingerprint density at radius 1 is 1.37 bits per heavy atom. The van der Waals surface area contributed by atoms with Gasteiger partial charge in [0.25, 0.3) is 5.92 Å². The van der Waals surface area contributed by atoms with Gasteiger partial charge < -0.3 is 9.84 Å². The SMILES string of the molecule is Cc1ccc(CC2(C(=O)O)CCOCC2(F)F)cc1. The van der Waals surface area contributed by atoms with Crippen LogP contribution in [0.1, 0.15) is 17.5 Å². The van der Waals surface area contributed by atoms with Crippen LogP contribution < -0.4 is 0 Å². The number of aliphatic carboxylic acids is 1. The van der Waals surface area contributed by atoms with Crippen LogP contribution in [0, 0.1) is 12.3 Å². The van der Waals surface area contributed by atoms with E-state index in [1.165, 1.54) is 0 Å². The molecule has 1 saturated heterocycles. The molecule has 19 heavy (non-hydrogen) atoms. The molecular weight excluding hydrogens is 254 g/mol. The lowest BCUT2D eigenvalue weighted by Gasteiger charge is -2.40. The van der Waals surface area contributed by atoms with Crippen LogP contribution in [0.3, 0.4) is 0 Å². The molecule has 0 saturated carbocycles. The van der Waals surface area contributed by atoms with Crippen LogP contribution >= 0.6 is 0 Å². The molecule has 1 fully saturated rings. The second-order valence-electron chi connectivity index (χ2n) is 5.06. The van der Waals surface area contributed by atoms with Gasteiger partial charge >= 0.3 is 5.97 Å². The minimum absolute atomic E-state index is 0.0494. The number of hydrogen-bond acceptors (Lipinski definition) is 2. The molecular formula is C14H16F2O3. The van der Waals surface area contributed by atoms with Gasteiger partial charge in [0.1, 0.15) is 12.0 Å². The van der Waals surface area contributed by atoms with E-state index in [9.17, 15) is 18.7 Å². The Labute approximate surface area is 110 Å². The first-order valence-corrected chi connectivity index (χ1v) is 6.12. The van der Waals surface area contributed by atoms with Crippen molar-refractivity contribution < 1.29 is 23.4 Å². The fourth-order valence-electron chi connectivity index (χ4n) is 2.38. The van der Waals surface area contributed by atoms with Crippen molar-refractivity contribution in [3.8, 4) is 0 Å². The second kappa shape index (κ2) is 4.89. The van der Waals surface area contributed by atoms with Crippen molar-refractivity contribution in [1.29, 1.82) is 0 Å². The number of carbonyl (C=O) groups is 1. The summed E-state index contributed by atoms with van der Waals surface area (Å²) in [5.74, 6) is -4.82. The maximum Gasteiger partial charge on any atom is 0.316 e. The highest BCUT2D eigenvalue weighted by molar-refractivity contribution is 5.76. The van der Waals surface area contributed by atoms with E-state index < -0.39 is 23.9 Å². The second-order valence-corrected chi connectivity index (χ2v) is 5.06. The van der Waals surface area contributed by atoms with Crippen LogP contribution in [0.15, 0.2) is 24.3 Å². The number of hydrogen-bond donors (Lipinski definition) is 1. The molecule has 3 nitrogen and oxygen atoms in total. The molecule has 1 aromatic rings. The van der Waals surface area contributed by atoms with E-state index >= 15 is 0 Å². The van der Waals surface area contributed by atoms with Crippen molar-refractivity contribution in [2.75, 3.05) is 13.2 Å². The molecule has 1 unspecified atom stereocenters. The van der Waals surface area contributed by atoms with Gasteiger partial charge in [0.15, 0.2) is 0 Å². The summed E-state index contributed by atoms with van der Waals surface area (Å²) >= 11 is 0. The smallest absolute Gasteiger partial charge is 0.316 e. The Kier molecular flexibility index (Phi) is 3.58. The number of rotatable bonds is 3. The van der Waals surface area contributed by atoms with E-state index in [-0.39, 0.29) is 19.4 Å². The highest BCUT2D eigenvalue weighted by Gasteiger charge is 2.60. The van der Waals surface area contributed by atoms with E-state index in [2.05, 4.69) is 0 Å². The van der Waals surface area contributed by atoms with Gasteiger partial charge in [-0.25, -0.2) is 8.78 Å². The van der Waals surface area contributed by atoms with Crippen molar-refractivity contribution in [1.82, 2.24) is 0 Å². The first kappa shape index (κ1) is 13.9. The summed E-state index contributed by atoms with van der Waals surface area (Å²) in [6, 6.07) is 6.99. The third-order valence-electron chi connectivity index (χ3n) is 3.69. The monoisotopic (exact) mass is 270 g/mol. The number of carboxylic acid groups (broad SMARTS) is 1. The van der Waals surface area contributed by atoms with Crippen LogP contribution in [0.25, 0.3) is 0 Å². The normalized spacial score (nSPS) is 26.1. The Bertz CT molecular complexity index is 470. The first-order valence-electron chi connectivity index (χ1n) is 6.12. The number of benzene rings is 1. The molecule has 0 aromatic heterocycles. The average Bonchev–Trinajstić information content (AvgIpc) is 2.34. The molecule has 5 heteroatoms. The van der Waals surface area contributed by atoms with Gasteiger partial charge in [0.05, 0.1) is 0 Å². The maximum absolute atomic E-state index is 14.0. The lowest BCUT2D eigenvalue weighted by atomic mass is 9.72. The highest BCUT2D eigenvalue weighted by atomic mass is 19.3. The Balaban J connectivity index is 2.34. The third kappa shape index (κ3) is 2.47. The quantitative estimate of drug-likeness (QED) is 0.918. The van der Waals surface area contributed by atoms with Crippen LogP contribution in [0.5, 0.6) is 0 Å². The fraction of sp³-hybridized carbons (Fsp3) is 0.500. The van der Waals surface area contributed by atoms with Crippen molar-refractivity contribution in [3.05, 3.63) is 35.4 Å². The van der Waals surface area contributed by atoms with Gasteiger partial charge in [0.2, 0.25) is 0 Å². The predicted molar refractivity (Wildman–Crippen MR) is 65.3 cm³/mol. The van der Waals surface area contributed by atoms with Gasteiger partial charge in [-0.05, 0) is 25.3 Å². The predicted octanol–water partition coefficient (Wildman–Crippen LogP) is 2.66. The number of alkyl halides is 2. The van der Waals surface area contributed by atoms with Gasteiger partial charge in [-0.15, -0.1) is 0 Å². The maximum atomic E-state index is 14.0. The molecule has 1 atom stereocenters. The minimum Gasteiger partial charge on any atom is -0.481 e. The number of carboxylic acids is 1. The van der Waals surface area contributed by atoms with Crippen molar-refractivity contribution in [2.24, 2.45) is 5.41 Å². The molecule has 1 aliphatic heterocycles. The third-order valence-corrected chi connectivity index (χ3v) is 3.69. The number of ether oxygens (including phenoxy) is 1. The van der Waals surface area contributed by atoms with Crippen LogP contribution in [-0.2, 0) is 16.0 Å². The zero-order chi connectivity index (χ0) is 14.1. The van der Waals surface area contributed by atoms with E-state index in [1.54, 1.807) is 24.3 Å². The standard InChI is InChI=1S/C14H16F2O3/c1-10-2-4-11(5-3-10)8-13(12(17)18)6-7-19-9-14(13,15)16/h2-5H,6-9H2,1H3,(H,17,18). The van der Waals surface area contributed by atoms with E-state index in [0.717, 1.165) is 5.56 Å². The minimum atomic E-state index is -3.36. The zero-order valence-corrected chi connectivity index (χ0v) is 10.7. The van der Waals surface area contributed by atoms with Crippen molar-refractivity contribution in [2.45, 2.75) is 25.7 Å². The van der Waals surface area contributed by atoms with Crippen LogP contribution in [-0.4, -0.2) is 30.2 Å². The van der Waals surface area contributed by atoms with E-state index in [0.29, 0.717) is 5.56 Å². The van der Waals surface area contributed by atoms with Gasteiger partial charge in [0, 0.05) is 6.61 Å². The van der Waals surface area contributed by atoms with Crippen LogP contribution in [0.2, 0.25) is 0 Å². The molecule has 104 valence electrons. The number of halogens is 2. The molecule has 1 heterocycles. The summed E-state index contributed by atoms with van der Waals surface area (Å²) in [5.41, 5.74) is -0.456. The zero-order valence-electron chi connectivity index (χ0n) is 10.7. The molecule has 1 aliphatic rings. The van der Waals surface area contributed by atoms with Gasteiger partial charge in [-0.1, -0.05) is 29.8 Å². The average molecular weight is 270 g/mol. The molecule has 1 N–H and O–H groups in total. The molecule has 0 bridgehead atoms. The van der Waals surface area contributed by atoms with Crippen molar-refractivity contribution >= 4 is 5.97 Å². The molecule has 0 radical (unpaired) electrons. The first-order chi connectivity index (χ1) is 8.87. The number of aryl methyl sites for hydroxylation is 1. The summed E-state index contributed by atoms with van der Waals surface area (Å²) < 4.78 is 32.8. The van der Waals surface area contributed by atoms with Gasteiger partial charge in [-0.2, -0.15) is 0 Å². The van der Waals surface area contributed by atoms with Crippen molar-refractivity contribution in [3.63, 3.8) is 0 Å². The highest BCUT2D eigenvalue weighted by Crippen LogP contribution is 2.45. The molecule has 1 aromatic carbocycles. The topological polar surface area (TPSA) is 46.5 Å². The molecule has 0 aliphatic carbocycles. The summed E-state index contributed by atoms with van der Waals surface area (Å²) in [6.45, 7) is 1.11. The Morgan fingerprint density at radius 2 is 2.00 bits per heavy atom. The van der Waals surface area contributed by atoms with Gasteiger partial charge in [-0.3, -0.25) is 4.79 Å². The lowest BCUT2D eigenvalue weighted by Crippen LogP contribution is -2.55.